The first-order valence-electron chi connectivity index (χ1n) is 5.33. The third kappa shape index (κ3) is 7.34. The largest absolute Gasteiger partial charge is 0.481 e. The normalized spacial score (nSPS) is 13.6. The number of carboxylic acids is 2. The molecule has 0 rings (SSSR count). The standard InChI is InChI=1S/C10H16O9/c11-1-2-18-3-4-19-8(14)6-10(17,9(15)16)5-7(12)13/h11,17H,1-6H2,(H,12,13)(H,15,16). The number of rotatable bonds is 10. The quantitative estimate of drug-likeness (QED) is 0.269. The third-order valence-electron chi connectivity index (χ3n) is 2.00. The van der Waals surface area contributed by atoms with Crippen molar-refractivity contribution in [1.82, 2.24) is 0 Å². The van der Waals surface area contributed by atoms with E-state index in [1.807, 2.05) is 0 Å². The molecule has 1 unspecified atom stereocenters. The number of hydrogen-bond donors (Lipinski definition) is 4. The summed E-state index contributed by atoms with van der Waals surface area (Å²) in [5.74, 6) is -4.42. The highest BCUT2D eigenvalue weighted by Gasteiger charge is 2.41. The Kier molecular flexibility index (Phi) is 7.65. The Morgan fingerprint density at radius 3 is 2.11 bits per heavy atom. The summed E-state index contributed by atoms with van der Waals surface area (Å²) in [5.41, 5.74) is -2.70. The van der Waals surface area contributed by atoms with Gasteiger partial charge >= 0.3 is 17.9 Å². The Hall–Kier alpha value is -1.71. The van der Waals surface area contributed by atoms with Crippen LogP contribution in [-0.4, -0.2) is 70.4 Å². The lowest BCUT2D eigenvalue weighted by atomic mass is 9.96. The van der Waals surface area contributed by atoms with E-state index in [4.69, 9.17) is 20.1 Å². The van der Waals surface area contributed by atoms with E-state index < -0.39 is 36.4 Å². The summed E-state index contributed by atoms with van der Waals surface area (Å²) in [6, 6.07) is 0. The first-order chi connectivity index (χ1) is 8.81. The van der Waals surface area contributed by atoms with Gasteiger partial charge in [-0.25, -0.2) is 4.79 Å². The fourth-order valence-corrected chi connectivity index (χ4v) is 1.13. The highest BCUT2D eigenvalue weighted by atomic mass is 16.6. The van der Waals surface area contributed by atoms with Crippen LogP contribution < -0.4 is 0 Å². The van der Waals surface area contributed by atoms with Crippen molar-refractivity contribution in [3.05, 3.63) is 0 Å². The number of hydrogen-bond acceptors (Lipinski definition) is 7. The number of carbonyl (C=O) groups excluding carboxylic acids is 1. The second kappa shape index (κ2) is 8.40. The Morgan fingerprint density at radius 2 is 1.63 bits per heavy atom. The van der Waals surface area contributed by atoms with Gasteiger partial charge in [0, 0.05) is 0 Å². The van der Waals surface area contributed by atoms with E-state index >= 15 is 0 Å². The average Bonchev–Trinajstić information content (AvgIpc) is 2.27. The van der Waals surface area contributed by atoms with E-state index in [0.717, 1.165) is 0 Å². The lowest BCUT2D eigenvalue weighted by Gasteiger charge is -2.20. The molecule has 110 valence electrons. The Bertz CT molecular complexity index is 327. The van der Waals surface area contributed by atoms with E-state index in [9.17, 15) is 19.5 Å². The second-order valence-corrected chi connectivity index (χ2v) is 3.64. The number of carbonyl (C=O) groups is 3. The number of aliphatic carboxylic acids is 2. The molecule has 0 heterocycles. The molecule has 0 aliphatic heterocycles. The monoisotopic (exact) mass is 280 g/mol. The van der Waals surface area contributed by atoms with Crippen molar-refractivity contribution in [2.24, 2.45) is 0 Å². The minimum absolute atomic E-state index is 0.00324. The van der Waals surface area contributed by atoms with Crippen LogP contribution in [0.15, 0.2) is 0 Å². The topological polar surface area (TPSA) is 151 Å². The van der Waals surface area contributed by atoms with Gasteiger partial charge in [-0.15, -0.1) is 0 Å². The first-order valence-corrected chi connectivity index (χ1v) is 5.33. The van der Waals surface area contributed by atoms with Crippen molar-refractivity contribution in [2.75, 3.05) is 26.4 Å². The molecule has 1 atom stereocenters. The van der Waals surface area contributed by atoms with Crippen molar-refractivity contribution in [3.8, 4) is 0 Å². The van der Waals surface area contributed by atoms with Crippen molar-refractivity contribution >= 4 is 17.9 Å². The molecule has 0 aromatic rings. The number of esters is 1. The molecule has 0 bridgehead atoms. The second-order valence-electron chi connectivity index (χ2n) is 3.64. The molecular formula is C10H16O9. The van der Waals surface area contributed by atoms with Crippen LogP contribution in [0.1, 0.15) is 12.8 Å². The minimum atomic E-state index is -2.70. The molecule has 0 spiro atoms. The lowest BCUT2D eigenvalue weighted by Crippen LogP contribution is -2.43. The van der Waals surface area contributed by atoms with Gasteiger partial charge in [-0.2, -0.15) is 0 Å². The molecule has 0 aromatic carbocycles. The molecular weight excluding hydrogens is 264 g/mol. The van der Waals surface area contributed by atoms with Crippen LogP contribution in [-0.2, 0) is 23.9 Å². The molecule has 9 nitrogen and oxygen atoms in total. The molecule has 0 fully saturated rings. The van der Waals surface area contributed by atoms with E-state index in [0.29, 0.717) is 0 Å². The van der Waals surface area contributed by atoms with Gasteiger partial charge in [0.25, 0.3) is 0 Å². The fourth-order valence-electron chi connectivity index (χ4n) is 1.13. The van der Waals surface area contributed by atoms with E-state index in [-0.39, 0.29) is 26.4 Å². The lowest BCUT2D eigenvalue weighted by molar-refractivity contribution is -0.172. The number of aliphatic hydroxyl groups is 2. The highest BCUT2D eigenvalue weighted by Crippen LogP contribution is 2.16. The number of aliphatic hydroxyl groups excluding tert-OH is 1. The summed E-state index contributed by atoms with van der Waals surface area (Å²) in [4.78, 5) is 32.4. The molecule has 0 saturated heterocycles. The number of carboxylic acid groups (broad SMARTS) is 2. The highest BCUT2D eigenvalue weighted by molar-refractivity contribution is 5.88. The summed E-state index contributed by atoms with van der Waals surface area (Å²) in [5, 5.41) is 35.1. The fraction of sp³-hybridized carbons (Fsp3) is 0.700. The van der Waals surface area contributed by atoms with Gasteiger partial charge in [0.15, 0.2) is 5.60 Å². The number of ether oxygens (including phenoxy) is 2. The summed E-state index contributed by atoms with van der Waals surface area (Å²) < 4.78 is 9.33. The maximum Gasteiger partial charge on any atom is 0.336 e. The van der Waals surface area contributed by atoms with Gasteiger partial charge in [-0.1, -0.05) is 0 Å². The molecule has 0 aromatic heterocycles. The van der Waals surface area contributed by atoms with E-state index in [2.05, 4.69) is 4.74 Å². The van der Waals surface area contributed by atoms with Gasteiger partial charge < -0.3 is 29.9 Å². The molecule has 0 aliphatic rings. The van der Waals surface area contributed by atoms with Crippen molar-refractivity contribution < 1.29 is 44.3 Å². The molecule has 19 heavy (non-hydrogen) atoms. The predicted octanol–water partition coefficient (Wildman–Crippen LogP) is -1.78. The van der Waals surface area contributed by atoms with Gasteiger partial charge in [-0.05, 0) is 0 Å². The molecule has 4 N–H and O–H groups in total. The maximum absolute atomic E-state index is 11.2. The third-order valence-corrected chi connectivity index (χ3v) is 2.00. The predicted molar refractivity (Wildman–Crippen MR) is 58.3 cm³/mol. The summed E-state index contributed by atoms with van der Waals surface area (Å²) >= 11 is 0. The zero-order valence-electron chi connectivity index (χ0n) is 10.1. The van der Waals surface area contributed by atoms with Gasteiger partial charge in [0.1, 0.15) is 6.61 Å². The van der Waals surface area contributed by atoms with Crippen LogP contribution in [0.4, 0.5) is 0 Å². The molecule has 0 radical (unpaired) electrons. The maximum atomic E-state index is 11.2. The zero-order chi connectivity index (χ0) is 14.9. The van der Waals surface area contributed by atoms with Crippen LogP contribution in [0, 0.1) is 0 Å². The summed E-state index contributed by atoms with van der Waals surface area (Å²) in [6.07, 6.45) is -2.09. The average molecular weight is 280 g/mol. The van der Waals surface area contributed by atoms with Crippen molar-refractivity contribution in [2.45, 2.75) is 18.4 Å². The molecule has 0 amide bonds. The van der Waals surface area contributed by atoms with Crippen molar-refractivity contribution in [3.63, 3.8) is 0 Å². The van der Waals surface area contributed by atoms with Gasteiger partial charge in [-0.3, -0.25) is 9.59 Å². The van der Waals surface area contributed by atoms with Crippen LogP contribution in [0.5, 0.6) is 0 Å². The van der Waals surface area contributed by atoms with E-state index in [1.165, 1.54) is 0 Å². The summed E-state index contributed by atoms with van der Waals surface area (Å²) in [7, 11) is 0. The molecule has 9 heteroatoms. The Balaban J connectivity index is 4.18. The van der Waals surface area contributed by atoms with Gasteiger partial charge in [0.05, 0.1) is 32.7 Å². The van der Waals surface area contributed by atoms with Crippen LogP contribution in [0.3, 0.4) is 0 Å². The smallest absolute Gasteiger partial charge is 0.336 e. The summed E-state index contributed by atoms with van der Waals surface area (Å²) in [6.45, 7) is -0.320. The molecule has 0 aliphatic carbocycles. The van der Waals surface area contributed by atoms with Crippen LogP contribution >= 0.6 is 0 Å². The van der Waals surface area contributed by atoms with Gasteiger partial charge in [0.2, 0.25) is 0 Å². The van der Waals surface area contributed by atoms with Crippen LogP contribution in [0.25, 0.3) is 0 Å². The van der Waals surface area contributed by atoms with E-state index in [1.54, 1.807) is 0 Å². The Labute approximate surface area is 108 Å². The van der Waals surface area contributed by atoms with Crippen LogP contribution in [0.2, 0.25) is 0 Å². The molecule has 0 saturated carbocycles. The Morgan fingerprint density at radius 1 is 1.00 bits per heavy atom. The van der Waals surface area contributed by atoms with Crippen molar-refractivity contribution in [1.29, 1.82) is 0 Å². The zero-order valence-corrected chi connectivity index (χ0v) is 10.1. The minimum Gasteiger partial charge on any atom is -0.481 e. The SMILES string of the molecule is O=C(O)CC(O)(CC(=O)OCCOCCO)C(=O)O. The first kappa shape index (κ1) is 17.3.